The van der Waals surface area contributed by atoms with E-state index in [2.05, 4.69) is 9.72 Å². The Kier molecular flexibility index (Phi) is 3.64. The molecule has 0 bridgehead atoms. The van der Waals surface area contributed by atoms with E-state index in [4.69, 9.17) is 5.73 Å². The predicted octanol–water partition coefficient (Wildman–Crippen LogP) is 0.916. The van der Waals surface area contributed by atoms with Gasteiger partial charge in [-0.25, -0.2) is 9.18 Å². The fraction of sp³-hybridized carbons (Fsp3) is 0.444. The van der Waals surface area contributed by atoms with Gasteiger partial charge in [0, 0.05) is 11.9 Å². The molecule has 0 saturated carbocycles. The van der Waals surface area contributed by atoms with E-state index in [0.29, 0.717) is 5.69 Å². The molecule has 0 aromatic carbocycles. The summed E-state index contributed by atoms with van der Waals surface area (Å²) in [6, 6.07) is 2.31. The molecule has 1 unspecified atom stereocenters. The van der Waals surface area contributed by atoms with Gasteiger partial charge in [0.1, 0.15) is 0 Å². The molecule has 0 aliphatic heterocycles. The lowest BCUT2D eigenvalue weighted by molar-refractivity contribution is -0.150. The normalized spacial score (nSPS) is 14.8. The van der Waals surface area contributed by atoms with Gasteiger partial charge < -0.3 is 15.5 Å². The van der Waals surface area contributed by atoms with Gasteiger partial charge in [0.05, 0.1) is 12.6 Å². The van der Waals surface area contributed by atoms with Gasteiger partial charge in [0.2, 0.25) is 6.17 Å². The summed E-state index contributed by atoms with van der Waals surface area (Å²) < 4.78 is 17.8. The van der Waals surface area contributed by atoms with Crippen molar-refractivity contribution in [3.05, 3.63) is 24.0 Å². The lowest BCUT2D eigenvalue weighted by Crippen LogP contribution is -2.31. The Labute approximate surface area is 81.2 Å². The molecule has 0 aliphatic rings. The number of carbonyl (C=O) groups is 1. The number of H-pyrrole nitrogens is 1. The number of aromatic nitrogens is 1. The highest BCUT2D eigenvalue weighted by atomic mass is 19.1. The van der Waals surface area contributed by atoms with Crippen molar-refractivity contribution in [2.75, 3.05) is 6.61 Å². The van der Waals surface area contributed by atoms with Crippen LogP contribution >= 0.6 is 0 Å². The Bertz CT molecular complexity index is 287. The number of rotatable bonds is 4. The third-order valence-corrected chi connectivity index (χ3v) is 1.81. The van der Waals surface area contributed by atoms with Crippen molar-refractivity contribution in [3.8, 4) is 0 Å². The molecule has 0 radical (unpaired) electrons. The second-order valence-electron chi connectivity index (χ2n) is 2.81. The fourth-order valence-electron chi connectivity index (χ4n) is 1.08. The van der Waals surface area contributed by atoms with Gasteiger partial charge in [-0.3, -0.25) is 0 Å². The molecule has 0 fully saturated rings. The Hall–Kier alpha value is -1.36. The van der Waals surface area contributed by atoms with E-state index in [-0.39, 0.29) is 6.61 Å². The molecule has 0 saturated heterocycles. The van der Waals surface area contributed by atoms with Crippen LogP contribution in [0.2, 0.25) is 0 Å². The molecule has 0 aliphatic carbocycles. The summed E-state index contributed by atoms with van der Waals surface area (Å²) in [5.74, 6) is -0.922. The minimum Gasteiger partial charge on any atom is -0.464 e. The van der Waals surface area contributed by atoms with Crippen LogP contribution in [0, 0.1) is 0 Å². The smallest absolute Gasteiger partial charge is 0.342 e. The summed E-state index contributed by atoms with van der Waals surface area (Å²) in [5.41, 5.74) is 5.98. The van der Waals surface area contributed by atoms with Crippen LogP contribution in [-0.2, 0) is 9.53 Å². The Morgan fingerprint density at radius 3 is 3.00 bits per heavy atom. The highest BCUT2D eigenvalue weighted by Gasteiger charge is 2.28. The molecular weight excluding hydrogens is 187 g/mol. The second-order valence-corrected chi connectivity index (χ2v) is 2.81. The zero-order valence-electron chi connectivity index (χ0n) is 7.87. The first-order valence-electron chi connectivity index (χ1n) is 4.36. The maximum atomic E-state index is 13.3. The standard InChI is InChI=1S/C9H13FN2O2/c1-2-14-9(13)7(10)8(11)6-4-3-5-12-6/h3-5,7-8,12H,2,11H2,1H3/t7?,8-/m1/s1. The topological polar surface area (TPSA) is 68.1 Å². The Morgan fingerprint density at radius 2 is 2.50 bits per heavy atom. The number of alkyl halides is 1. The maximum absolute atomic E-state index is 13.3. The van der Waals surface area contributed by atoms with Crippen molar-refractivity contribution in [2.45, 2.75) is 19.1 Å². The van der Waals surface area contributed by atoms with Crippen LogP contribution in [0.25, 0.3) is 0 Å². The average molecular weight is 200 g/mol. The van der Waals surface area contributed by atoms with E-state index in [9.17, 15) is 9.18 Å². The van der Waals surface area contributed by atoms with Crippen molar-refractivity contribution in [2.24, 2.45) is 5.73 Å². The molecule has 2 atom stereocenters. The van der Waals surface area contributed by atoms with E-state index in [1.807, 2.05) is 0 Å². The molecule has 4 nitrogen and oxygen atoms in total. The highest BCUT2D eigenvalue weighted by Crippen LogP contribution is 2.15. The molecule has 1 rings (SSSR count). The van der Waals surface area contributed by atoms with Crippen LogP contribution in [0.4, 0.5) is 4.39 Å². The lowest BCUT2D eigenvalue weighted by atomic mass is 10.1. The van der Waals surface area contributed by atoms with E-state index >= 15 is 0 Å². The maximum Gasteiger partial charge on any atom is 0.342 e. The Morgan fingerprint density at radius 1 is 1.79 bits per heavy atom. The van der Waals surface area contributed by atoms with Crippen molar-refractivity contribution in [3.63, 3.8) is 0 Å². The Balaban J connectivity index is 2.61. The first-order valence-corrected chi connectivity index (χ1v) is 4.36. The van der Waals surface area contributed by atoms with Crippen LogP contribution in [-0.4, -0.2) is 23.7 Å². The summed E-state index contributed by atoms with van der Waals surface area (Å²) in [7, 11) is 0. The quantitative estimate of drug-likeness (QED) is 0.710. The van der Waals surface area contributed by atoms with Gasteiger partial charge in [-0.2, -0.15) is 0 Å². The van der Waals surface area contributed by atoms with E-state index in [1.54, 1.807) is 25.3 Å². The van der Waals surface area contributed by atoms with Crippen molar-refractivity contribution >= 4 is 5.97 Å². The number of carbonyl (C=O) groups excluding carboxylic acids is 1. The largest absolute Gasteiger partial charge is 0.464 e. The summed E-state index contributed by atoms with van der Waals surface area (Å²) in [6.45, 7) is 1.77. The first kappa shape index (κ1) is 10.7. The first-order chi connectivity index (χ1) is 6.66. The second kappa shape index (κ2) is 4.76. The van der Waals surface area contributed by atoms with Crippen LogP contribution in [0.15, 0.2) is 18.3 Å². The predicted molar refractivity (Wildman–Crippen MR) is 49.3 cm³/mol. The van der Waals surface area contributed by atoms with Gasteiger partial charge in [0.25, 0.3) is 0 Å². The molecule has 3 N–H and O–H groups in total. The number of nitrogens with one attached hydrogen (secondary N) is 1. The molecule has 14 heavy (non-hydrogen) atoms. The van der Waals surface area contributed by atoms with E-state index in [1.165, 1.54) is 0 Å². The van der Waals surface area contributed by atoms with Crippen LogP contribution < -0.4 is 5.73 Å². The number of hydrogen-bond acceptors (Lipinski definition) is 3. The van der Waals surface area contributed by atoms with E-state index in [0.717, 1.165) is 0 Å². The number of nitrogens with two attached hydrogens (primary N) is 1. The summed E-state index contributed by atoms with van der Waals surface area (Å²) >= 11 is 0. The highest BCUT2D eigenvalue weighted by molar-refractivity contribution is 5.75. The molecule has 0 amide bonds. The monoisotopic (exact) mass is 200 g/mol. The molecule has 0 spiro atoms. The van der Waals surface area contributed by atoms with Gasteiger partial charge in [0.15, 0.2) is 0 Å². The number of ether oxygens (including phenoxy) is 1. The van der Waals surface area contributed by atoms with Gasteiger partial charge in [-0.15, -0.1) is 0 Å². The van der Waals surface area contributed by atoms with Crippen LogP contribution in [0.1, 0.15) is 18.7 Å². The molecule has 1 aromatic rings. The fourth-order valence-corrected chi connectivity index (χ4v) is 1.08. The SMILES string of the molecule is CCOC(=O)C(F)[C@H](N)c1ccc[nH]1. The molecule has 1 heterocycles. The summed E-state index contributed by atoms with van der Waals surface area (Å²) in [4.78, 5) is 13.7. The number of esters is 1. The van der Waals surface area contributed by atoms with Gasteiger partial charge in [-0.1, -0.05) is 0 Å². The summed E-state index contributed by atoms with van der Waals surface area (Å²) in [5, 5.41) is 0. The molecular formula is C9H13FN2O2. The van der Waals surface area contributed by atoms with Crippen molar-refractivity contribution in [1.29, 1.82) is 0 Å². The van der Waals surface area contributed by atoms with E-state index < -0.39 is 18.2 Å². The molecule has 5 heteroatoms. The number of hydrogen-bond donors (Lipinski definition) is 2. The average Bonchev–Trinajstić information content (AvgIpc) is 2.68. The van der Waals surface area contributed by atoms with Crippen molar-refractivity contribution in [1.82, 2.24) is 4.98 Å². The van der Waals surface area contributed by atoms with Crippen LogP contribution in [0.3, 0.4) is 0 Å². The minimum atomic E-state index is -1.83. The molecule has 78 valence electrons. The third-order valence-electron chi connectivity index (χ3n) is 1.81. The van der Waals surface area contributed by atoms with Crippen LogP contribution in [0.5, 0.6) is 0 Å². The minimum absolute atomic E-state index is 0.150. The lowest BCUT2D eigenvalue weighted by Gasteiger charge is -2.13. The van der Waals surface area contributed by atoms with Gasteiger partial charge in [-0.05, 0) is 19.1 Å². The number of halogens is 1. The molecule has 1 aromatic heterocycles. The third kappa shape index (κ3) is 2.32. The van der Waals surface area contributed by atoms with Gasteiger partial charge >= 0.3 is 5.97 Å². The summed E-state index contributed by atoms with van der Waals surface area (Å²) in [6.07, 6.45) is -0.207. The van der Waals surface area contributed by atoms with Crippen molar-refractivity contribution < 1.29 is 13.9 Å². The number of aromatic amines is 1. The zero-order chi connectivity index (χ0) is 10.6. The zero-order valence-corrected chi connectivity index (χ0v) is 7.87.